The fourth-order valence-electron chi connectivity index (χ4n) is 2.45. The Morgan fingerprint density at radius 1 is 1.58 bits per heavy atom. The first-order valence-electron chi connectivity index (χ1n) is 6.50. The van der Waals surface area contributed by atoms with Crippen LogP contribution in [0.3, 0.4) is 0 Å². The molecule has 4 nitrogen and oxygen atoms in total. The first-order chi connectivity index (χ1) is 9.09. The van der Waals surface area contributed by atoms with Crippen molar-refractivity contribution in [3.05, 3.63) is 23.2 Å². The molecule has 1 amide bonds. The normalized spacial score (nSPS) is 17.1. The Kier molecular flexibility index (Phi) is 2.93. The average molecular weight is 275 g/mol. The predicted octanol–water partition coefficient (Wildman–Crippen LogP) is 2.80. The van der Waals surface area contributed by atoms with Gasteiger partial charge in [-0.25, -0.2) is 4.98 Å². The van der Waals surface area contributed by atoms with Crippen molar-refractivity contribution in [2.75, 3.05) is 12.3 Å². The van der Waals surface area contributed by atoms with Crippen molar-refractivity contribution in [3.63, 3.8) is 0 Å². The molecule has 19 heavy (non-hydrogen) atoms. The molecule has 0 aromatic carbocycles. The quantitative estimate of drug-likeness (QED) is 0.905. The Bertz CT molecular complexity index is 631. The zero-order valence-electron chi connectivity index (χ0n) is 10.9. The van der Waals surface area contributed by atoms with Crippen LogP contribution in [0.2, 0.25) is 0 Å². The smallest absolute Gasteiger partial charge is 0.263 e. The van der Waals surface area contributed by atoms with Gasteiger partial charge in [0.15, 0.2) is 0 Å². The molecule has 0 bridgehead atoms. The van der Waals surface area contributed by atoms with Crippen LogP contribution in [0, 0.1) is 5.41 Å². The molecule has 2 heterocycles. The van der Waals surface area contributed by atoms with Gasteiger partial charge in [0, 0.05) is 18.1 Å². The molecule has 2 aromatic rings. The molecule has 1 fully saturated rings. The van der Waals surface area contributed by atoms with Crippen LogP contribution in [0.1, 0.15) is 35.9 Å². The van der Waals surface area contributed by atoms with E-state index in [1.54, 1.807) is 6.20 Å². The van der Waals surface area contributed by atoms with Crippen LogP contribution in [0.15, 0.2) is 18.3 Å². The predicted molar refractivity (Wildman–Crippen MR) is 78.3 cm³/mol. The van der Waals surface area contributed by atoms with Gasteiger partial charge >= 0.3 is 0 Å². The number of aromatic nitrogens is 1. The minimum Gasteiger partial charge on any atom is -0.397 e. The fourth-order valence-corrected chi connectivity index (χ4v) is 3.43. The third-order valence-corrected chi connectivity index (χ3v) is 5.08. The number of nitrogen functional groups attached to an aromatic ring is 1. The summed E-state index contributed by atoms with van der Waals surface area (Å²) in [5.41, 5.74) is 6.86. The lowest BCUT2D eigenvalue weighted by Gasteiger charge is -2.38. The molecular weight excluding hydrogens is 258 g/mol. The Balaban J connectivity index is 1.79. The first-order valence-corrected chi connectivity index (χ1v) is 7.32. The van der Waals surface area contributed by atoms with Gasteiger partial charge in [-0.05, 0) is 30.4 Å². The maximum atomic E-state index is 12.2. The molecule has 1 aliphatic rings. The van der Waals surface area contributed by atoms with E-state index >= 15 is 0 Å². The van der Waals surface area contributed by atoms with Gasteiger partial charge in [-0.1, -0.05) is 13.3 Å². The second-order valence-electron chi connectivity index (χ2n) is 5.55. The summed E-state index contributed by atoms with van der Waals surface area (Å²) in [5.74, 6) is -0.0753. The van der Waals surface area contributed by atoms with Gasteiger partial charge in [0.2, 0.25) is 0 Å². The number of amides is 1. The molecule has 0 spiro atoms. The number of hydrogen-bond acceptors (Lipinski definition) is 4. The van der Waals surface area contributed by atoms with Crippen LogP contribution in [0.25, 0.3) is 10.2 Å². The van der Waals surface area contributed by atoms with Crippen molar-refractivity contribution in [2.45, 2.75) is 26.2 Å². The lowest BCUT2D eigenvalue weighted by Crippen LogP contribution is -2.39. The maximum absolute atomic E-state index is 12.2. The summed E-state index contributed by atoms with van der Waals surface area (Å²) < 4.78 is 0. The number of nitrogens with zero attached hydrogens (tertiary/aromatic N) is 1. The molecule has 2 aromatic heterocycles. The number of nitrogens with one attached hydrogen (secondary N) is 1. The number of anilines is 1. The van der Waals surface area contributed by atoms with Gasteiger partial charge in [0.05, 0.1) is 5.69 Å². The molecule has 0 aliphatic heterocycles. The number of rotatable bonds is 3. The highest BCUT2D eigenvalue weighted by molar-refractivity contribution is 7.21. The van der Waals surface area contributed by atoms with E-state index in [1.807, 2.05) is 12.1 Å². The highest BCUT2D eigenvalue weighted by Crippen LogP contribution is 2.39. The van der Waals surface area contributed by atoms with Crippen molar-refractivity contribution >= 4 is 33.1 Å². The van der Waals surface area contributed by atoms with Crippen molar-refractivity contribution in [2.24, 2.45) is 5.41 Å². The van der Waals surface area contributed by atoms with Gasteiger partial charge in [0.25, 0.3) is 5.91 Å². The van der Waals surface area contributed by atoms with Crippen molar-refractivity contribution in [1.82, 2.24) is 10.3 Å². The Morgan fingerprint density at radius 3 is 3.00 bits per heavy atom. The highest BCUT2D eigenvalue weighted by atomic mass is 32.1. The van der Waals surface area contributed by atoms with Crippen molar-refractivity contribution in [1.29, 1.82) is 0 Å². The summed E-state index contributed by atoms with van der Waals surface area (Å²) in [5, 5.41) is 3.87. The SMILES string of the molecule is CC1(CNC(=O)c2sc3ncccc3c2N)CCC1. The second-order valence-corrected chi connectivity index (χ2v) is 6.55. The minimum atomic E-state index is -0.0753. The van der Waals surface area contributed by atoms with E-state index in [1.165, 1.54) is 30.6 Å². The largest absolute Gasteiger partial charge is 0.397 e. The summed E-state index contributed by atoms with van der Waals surface area (Å²) in [6.07, 6.45) is 5.37. The van der Waals surface area contributed by atoms with E-state index in [4.69, 9.17) is 5.73 Å². The average Bonchev–Trinajstić information content (AvgIpc) is 2.72. The van der Waals surface area contributed by atoms with Gasteiger partial charge in [-0.2, -0.15) is 0 Å². The summed E-state index contributed by atoms with van der Waals surface area (Å²) >= 11 is 1.36. The zero-order valence-corrected chi connectivity index (χ0v) is 11.7. The third-order valence-electron chi connectivity index (χ3n) is 3.95. The van der Waals surface area contributed by atoms with E-state index < -0.39 is 0 Å². The molecule has 1 saturated carbocycles. The summed E-state index contributed by atoms with van der Waals surface area (Å²) in [7, 11) is 0. The number of carbonyl (C=O) groups is 1. The molecule has 0 radical (unpaired) electrons. The molecule has 0 unspecified atom stereocenters. The number of fused-ring (bicyclic) bond motifs is 1. The monoisotopic (exact) mass is 275 g/mol. The van der Waals surface area contributed by atoms with Gasteiger partial charge < -0.3 is 11.1 Å². The number of thiophene rings is 1. The van der Waals surface area contributed by atoms with Crippen LogP contribution in [-0.2, 0) is 0 Å². The first kappa shape index (κ1) is 12.4. The van der Waals surface area contributed by atoms with E-state index in [0.717, 1.165) is 16.8 Å². The van der Waals surface area contributed by atoms with E-state index in [9.17, 15) is 4.79 Å². The van der Waals surface area contributed by atoms with Gasteiger partial charge in [-0.15, -0.1) is 11.3 Å². The molecular formula is C14H17N3OS. The molecule has 3 rings (SSSR count). The van der Waals surface area contributed by atoms with Crippen LogP contribution in [-0.4, -0.2) is 17.4 Å². The zero-order chi connectivity index (χ0) is 13.5. The molecule has 0 saturated heterocycles. The molecule has 5 heteroatoms. The van der Waals surface area contributed by atoms with Crippen molar-refractivity contribution < 1.29 is 4.79 Å². The standard InChI is InChI=1S/C14H17N3OS/c1-14(5-3-6-14)8-17-12(18)11-10(15)9-4-2-7-16-13(9)19-11/h2,4,7H,3,5-6,8,15H2,1H3,(H,17,18). The topological polar surface area (TPSA) is 68.0 Å². The van der Waals surface area contributed by atoms with Gasteiger partial charge in [0.1, 0.15) is 9.71 Å². The Hall–Kier alpha value is -1.62. The Labute approximate surface area is 116 Å². The number of nitrogens with two attached hydrogens (primary N) is 1. The molecule has 3 N–H and O–H groups in total. The molecule has 100 valence electrons. The number of carbonyl (C=O) groups excluding carboxylic acids is 1. The number of hydrogen-bond donors (Lipinski definition) is 2. The maximum Gasteiger partial charge on any atom is 0.263 e. The molecule has 1 aliphatic carbocycles. The van der Waals surface area contributed by atoms with E-state index in [0.29, 0.717) is 10.6 Å². The summed E-state index contributed by atoms with van der Waals surface area (Å²) in [6, 6.07) is 3.74. The summed E-state index contributed by atoms with van der Waals surface area (Å²) in [4.78, 5) is 17.9. The Morgan fingerprint density at radius 2 is 2.37 bits per heavy atom. The van der Waals surface area contributed by atoms with Crippen LogP contribution in [0.5, 0.6) is 0 Å². The third kappa shape index (κ3) is 2.18. The van der Waals surface area contributed by atoms with Crippen molar-refractivity contribution in [3.8, 4) is 0 Å². The van der Waals surface area contributed by atoms with Crippen LogP contribution in [0.4, 0.5) is 5.69 Å². The lowest BCUT2D eigenvalue weighted by atomic mass is 9.70. The minimum absolute atomic E-state index is 0.0753. The second kappa shape index (κ2) is 4.49. The van der Waals surface area contributed by atoms with E-state index in [2.05, 4.69) is 17.2 Å². The van der Waals surface area contributed by atoms with E-state index in [-0.39, 0.29) is 11.3 Å². The van der Waals surface area contributed by atoms with Gasteiger partial charge in [-0.3, -0.25) is 4.79 Å². The lowest BCUT2D eigenvalue weighted by molar-refractivity contribution is 0.0895. The van der Waals surface area contributed by atoms with Crippen LogP contribution >= 0.6 is 11.3 Å². The fraction of sp³-hybridized carbons (Fsp3) is 0.429. The number of pyridine rings is 1. The highest BCUT2D eigenvalue weighted by Gasteiger charge is 2.32. The summed E-state index contributed by atoms with van der Waals surface area (Å²) in [6.45, 7) is 2.94. The van der Waals surface area contributed by atoms with Crippen LogP contribution < -0.4 is 11.1 Å². The molecule has 0 atom stereocenters.